The monoisotopic (exact) mass is 369 g/mol. The molecule has 2 saturated carbocycles. The summed E-state index contributed by atoms with van der Waals surface area (Å²) >= 11 is 0. The molecule has 2 aliphatic rings. The molecular weight excluding hydrogens is 337 g/mol. The van der Waals surface area contributed by atoms with E-state index in [0.29, 0.717) is 5.82 Å². The van der Waals surface area contributed by atoms with Crippen LogP contribution < -0.4 is 10.9 Å². The molecule has 2 radical (unpaired) electrons. The van der Waals surface area contributed by atoms with Crippen LogP contribution in [0.3, 0.4) is 0 Å². The lowest BCUT2D eigenvalue weighted by atomic mass is 9.70. The summed E-state index contributed by atoms with van der Waals surface area (Å²) in [7, 11) is 6.59. The Balaban J connectivity index is 1.70. The minimum atomic E-state index is -0.709. The Hall–Kier alpha value is -1.59. The van der Waals surface area contributed by atoms with Crippen molar-refractivity contribution in [3.05, 3.63) is 27.9 Å². The van der Waals surface area contributed by atoms with Crippen LogP contribution in [0.15, 0.2) is 10.9 Å². The first-order chi connectivity index (χ1) is 13.1. The number of hydrogen-bond donors (Lipinski definition) is 2. The number of rotatable bonds is 3. The highest BCUT2D eigenvalue weighted by molar-refractivity contribution is 6.17. The predicted octanol–water partition coefficient (Wildman–Crippen LogP) is 3.94. The lowest BCUT2D eigenvalue weighted by Crippen LogP contribution is -2.49. The first kappa shape index (κ1) is 20.2. The Morgan fingerprint density at radius 3 is 2.15 bits per heavy atom. The molecule has 2 N–H and O–H groups in total. The van der Waals surface area contributed by atoms with Gasteiger partial charge in [-0.1, -0.05) is 64.2 Å². The fraction of sp³-hybridized carbons (Fsp3) is 0.762. The van der Waals surface area contributed by atoms with Crippen molar-refractivity contribution < 1.29 is 4.79 Å². The molecule has 0 spiro atoms. The molecule has 27 heavy (non-hydrogen) atoms. The lowest BCUT2D eigenvalue weighted by Gasteiger charge is -2.32. The quantitative estimate of drug-likeness (QED) is 0.793. The van der Waals surface area contributed by atoms with Crippen molar-refractivity contribution >= 4 is 13.8 Å². The van der Waals surface area contributed by atoms with Crippen LogP contribution in [0.5, 0.6) is 0 Å². The van der Waals surface area contributed by atoms with Crippen molar-refractivity contribution in [2.75, 3.05) is 0 Å². The molecule has 0 aromatic carbocycles. The highest BCUT2D eigenvalue weighted by atomic mass is 16.2. The zero-order valence-corrected chi connectivity index (χ0v) is 16.4. The summed E-state index contributed by atoms with van der Waals surface area (Å²) in [6.45, 7) is 0. The largest absolute Gasteiger partial charge is 0.354 e. The van der Waals surface area contributed by atoms with Crippen LogP contribution in [-0.4, -0.2) is 29.2 Å². The van der Waals surface area contributed by atoms with Gasteiger partial charge in [0.25, 0.3) is 11.5 Å². The number of hydrogen-bond acceptors (Lipinski definition) is 3. The zero-order valence-electron chi connectivity index (χ0n) is 16.4. The number of aromatic amines is 1. The van der Waals surface area contributed by atoms with E-state index in [2.05, 4.69) is 15.3 Å². The van der Waals surface area contributed by atoms with Crippen LogP contribution in [0.25, 0.3) is 0 Å². The molecule has 2 fully saturated rings. The summed E-state index contributed by atoms with van der Waals surface area (Å²) < 4.78 is 0. The minimum Gasteiger partial charge on any atom is -0.354 e. The third-order valence-electron chi connectivity index (χ3n) is 6.09. The molecule has 1 heterocycles. The molecule has 5 nitrogen and oxygen atoms in total. The van der Waals surface area contributed by atoms with Crippen molar-refractivity contribution in [3.63, 3.8) is 0 Å². The summed E-state index contributed by atoms with van der Waals surface area (Å²) in [5.41, 5.74) is -0.774. The maximum atomic E-state index is 12.9. The van der Waals surface area contributed by atoms with E-state index < -0.39 is 5.44 Å². The smallest absolute Gasteiger partial charge is 0.269 e. The normalized spacial score (nSPS) is 22.1. The van der Waals surface area contributed by atoms with Gasteiger partial charge in [0.05, 0.1) is 0 Å². The third kappa shape index (κ3) is 5.95. The van der Waals surface area contributed by atoms with E-state index in [0.717, 1.165) is 64.2 Å². The predicted molar refractivity (Wildman–Crippen MR) is 108 cm³/mol. The molecule has 0 aliphatic heterocycles. The fourth-order valence-corrected chi connectivity index (χ4v) is 4.47. The average molecular weight is 369 g/mol. The number of nitrogens with zero attached hydrogens (tertiary/aromatic N) is 1. The summed E-state index contributed by atoms with van der Waals surface area (Å²) in [5.74, 6) is 0.589. The maximum Gasteiger partial charge on any atom is 0.269 e. The second-order valence-corrected chi connectivity index (χ2v) is 8.44. The first-order valence-corrected chi connectivity index (χ1v) is 10.8. The summed E-state index contributed by atoms with van der Waals surface area (Å²) in [4.78, 5) is 32.2. The van der Waals surface area contributed by atoms with E-state index in [9.17, 15) is 9.59 Å². The molecule has 1 amide bonds. The Morgan fingerprint density at radius 2 is 1.56 bits per heavy atom. The van der Waals surface area contributed by atoms with Gasteiger partial charge in [-0.2, -0.15) is 0 Å². The molecule has 3 rings (SSSR count). The van der Waals surface area contributed by atoms with Crippen molar-refractivity contribution in [1.82, 2.24) is 15.3 Å². The molecule has 1 aromatic heterocycles. The van der Waals surface area contributed by atoms with Crippen molar-refractivity contribution in [3.8, 4) is 0 Å². The number of aromatic nitrogens is 2. The van der Waals surface area contributed by atoms with E-state index in [1.807, 2.05) is 0 Å². The van der Waals surface area contributed by atoms with Crippen LogP contribution in [0.2, 0.25) is 0 Å². The van der Waals surface area contributed by atoms with Crippen molar-refractivity contribution in [2.24, 2.45) is 0 Å². The molecular formula is C21H32BN3O2. The molecule has 6 heteroatoms. The molecule has 0 bridgehead atoms. The van der Waals surface area contributed by atoms with Gasteiger partial charge in [0, 0.05) is 17.4 Å². The number of H-pyrrole nitrogens is 1. The van der Waals surface area contributed by atoms with E-state index in [4.69, 9.17) is 7.85 Å². The second kappa shape index (κ2) is 9.56. The molecule has 0 atom stereocenters. The highest BCUT2D eigenvalue weighted by Gasteiger charge is 2.27. The van der Waals surface area contributed by atoms with Crippen molar-refractivity contribution in [1.29, 1.82) is 0 Å². The summed E-state index contributed by atoms with van der Waals surface area (Å²) in [6, 6.07) is 1.29. The standard InChI is InChI=1S/C21H32BN3O2/c22-21(13-9-5-3-1-2-4-6-10-14-21)25-20(27)17-15-18(26)24-19(23-17)16-11-7-8-12-16/h15-16H,1-14H2,(H,25,27)(H,23,24,26). The molecule has 0 unspecified atom stereocenters. The van der Waals surface area contributed by atoms with Gasteiger partial charge in [0.15, 0.2) is 0 Å². The molecule has 146 valence electrons. The van der Waals surface area contributed by atoms with E-state index in [1.54, 1.807) is 0 Å². The van der Waals surface area contributed by atoms with Gasteiger partial charge in [-0.05, 0) is 25.7 Å². The highest BCUT2D eigenvalue weighted by Crippen LogP contribution is 2.31. The van der Waals surface area contributed by atoms with Crippen LogP contribution in [0.1, 0.15) is 112 Å². The van der Waals surface area contributed by atoms with Gasteiger partial charge in [-0.25, -0.2) is 4.98 Å². The SMILES string of the molecule is [B]C1(NC(=O)c2cc(=O)[nH]c(C3CCCC3)n2)CCCCCCCCCC1. The van der Waals surface area contributed by atoms with Gasteiger partial charge in [0.1, 0.15) is 19.4 Å². The van der Waals surface area contributed by atoms with Crippen LogP contribution in [0.4, 0.5) is 0 Å². The topological polar surface area (TPSA) is 74.8 Å². The summed E-state index contributed by atoms with van der Waals surface area (Å²) in [5, 5.41) is 3.02. The number of amides is 1. The van der Waals surface area contributed by atoms with Crippen LogP contribution >= 0.6 is 0 Å². The zero-order chi connectivity index (χ0) is 19.1. The minimum absolute atomic E-state index is 0.194. The molecule has 2 aliphatic carbocycles. The number of nitrogens with one attached hydrogen (secondary N) is 2. The third-order valence-corrected chi connectivity index (χ3v) is 6.09. The van der Waals surface area contributed by atoms with Gasteiger partial charge >= 0.3 is 0 Å². The van der Waals surface area contributed by atoms with Gasteiger partial charge in [-0.3, -0.25) is 9.59 Å². The fourth-order valence-electron chi connectivity index (χ4n) is 4.47. The number of carbonyl (C=O) groups is 1. The Kier molecular flexibility index (Phi) is 7.14. The average Bonchev–Trinajstić information content (AvgIpc) is 3.16. The Labute approximate surface area is 163 Å². The summed E-state index contributed by atoms with van der Waals surface area (Å²) in [6.07, 6.45) is 15.3. The second-order valence-electron chi connectivity index (χ2n) is 8.44. The van der Waals surface area contributed by atoms with E-state index in [-0.39, 0.29) is 23.1 Å². The van der Waals surface area contributed by atoms with Crippen molar-refractivity contribution in [2.45, 2.75) is 101 Å². The lowest BCUT2D eigenvalue weighted by molar-refractivity contribution is 0.0913. The van der Waals surface area contributed by atoms with Gasteiger partial charge in [0.2, 0.25) is 0 Å². The first-order valence-electron chi connectivity index (χ1n) is 10.8. The molecule has 0 saturated heterocycles. The van der Waals surface area contributed by atoms with Crippen LogP contribution in [-0.2, 0) is 0 Å². The van der Waals surface area contributed by atoms with E-state index >= 15 is 0 Å². The van der Waals surface area contributed by atoms with Crippen LogP contribution in [0, 0.1) is 0 Å². The van der Waals surface area contributed by atoms with E-state index in [1.165, 1.54) is 31.7 Å². The Bertz CT molecular complexity index is 670. The number of carbonyl (C=O) groups excluding carboxylic acids is 1. The molecule has 1 aromatic rings. The maximum absolute atomic E-state index is 12.9. The van der Waals surface area contributed by atoms with Gasteiger partial charge in [-0.15, -0.1) is 0 Å². The Morgan fingerprint density at radius 1 is 1.00 bits per heavy atom. The van der Waals surface area contributed by atoms with Gasteiger partial charge < -0.3 is 10.3 Å².